The first-order chi connectivity index (χ1) is 18.0. The lowest BCUT2D eigenvalue weighted by molar-refractivity contribution is 0.0700. The lowest BCUT2D eigenvalue weighted by Crippen LogP contribution is -2.41. The van der Waals surface area contributed by atoms with Gasteiger partial charge >= 0.3 is 0 Å². The first-order valence-electron chi connectivity index (χ1n) is 13.1. The smallest absolute Gasteiger partial charge is 0.254 e. The van der Waals surface area contributed by atoms with Crippen molar-refractivity contribution in [2.75, 3.05) is 13.7 Å². The van der Waals surface area contributed by atoms with Crippen molar-refractivity contribution in [2.24, 2.45) is 24.6 Å². The average molecular weight is 495 g/mol. The van der Waals surface area contributed by atoms with E-state index < -0.39 is 0 Å². The summed E-state index contributed by atoms with van der Waals surface area (Å²) in [5.74, 6) is 2.50. The summed E-state index contributed by atoms with van der Waals surface area (Å²) in [6, 6.07) is 14.2. The van der Waals surface area contributed by atoms with Crippen LogP contribution in [0.5, 0.6) is 5.75 Å². The van der Waals surface area contributed by atoms with E-state index in [1.54, 1.807) is 7.11 Å². The van der Waals surface area contributed by atoms with E-state index in [9.17, 15) is 10.1 Å². The van der Waals surface area contributed by atoms with Crippen molar-refractivity contribution in [1.29, 1.82) is 5.26 Å². The summed E-state index contributed by atoms with van der Waals surface area (Å²) in [4.78, 5) is 20.6. The van der Waals surface area contributed by atoms with Crippen LogP contribution in [0.25, 0.3) is 33.5 Å². The Morgan fingerprint density at radius 1 is 1.19 bits per heavy atom. The quantitative estimate of drug-likeness (QED) is 0.451. The average Bonchev–Trinajstić information content (AvgIpc) is 3.32. The highest BCUT2D eigenvalue weighted by Gasteiger charge is 2.47. The standard InChI is InChI=1S/C29H30N6O2/c1-33-27-21(10-20(12-25(27)37-2)29(36)35-15-19-7-8-22(35)26(19)31)32-28(33)24-11-18-6-5-17(13-30)9-23(18)34(24)14-16-3-4-16/h5-6,9-12,16,19,22,26H,3-4,7-8,14-15,31H2,1-2H3/t19-,22-,26+/m1/s1. The van der Waals surface area contributed by atoms with E-state index in [2.05, 4.69) is 21.3 Å². The molecular formula is C29H30N6O2. The monoisotopic (exact) mass is 494 g/mol. The summed E-state index contributed by atoms with van der Waals surface area (Å²) < 4.78 is 10.1. The molecule has 4 aromatic rings. The highest BCUT2D eigenvalue weighted by atomic mass is 16.5. The maximum atomic E-state index is 13.6. The molecule has 2 N–H and O–H groups in total. The van der Waals surface area contributed by atoms with Crippen molar-refractivity contribution < 1.29 is 9.53 Å². The van der Waals surface area contributed by atoms with Crippen LogP contribution in [0.15, 0.2) is 36.4 Å². The normalized spacial score (nSPS) is 22.8. The number of carbonyl (C=O) groups excluding carboxylic acids is 1. The lowest BCUT2D eigenvalue weighted by atomic mass is 10.1. The first kappa shape index (κ1) is 22.4. The van der Waals surface area contributed by atoms with Gasteiger partial charge in [0.15, 0.2) is 5.82 Å². The van der Waals surface area contributed by atoms with Gasteiger partial charge < -0.3 is 24.5 Å². The maximum Gasteiger partial charge on any atom is 0.254 e. The number of methoxy groups -OCH3 is 1. The third-order valence-electron chi connectivity index (χ3n) is 8.72. The number of aryl methyl sites for hydroxylation is 1. The number of rotatable bonds is 5. The minimum absolute atomic E-state index is 0.00179. The summed E-state index contributed by atoms with van der Waals surface area (Å²) in [6.45, 7) is 1.63. The maximum absolute atomic E-state index is 13.6. The van der Waals surface area contributed by atoms with Crippen LogP contribution in [0.3, 0.4) is 0 Å². The lowest BCUT2D eigenvalue weighted by Gasteiger charge is -2.27. The number of carbonyl (C=O) groups is 1. The Morgan fingerprint density at radius 2 is 2.03 bits per heavy atom. The number of hydrogen-bond donors (Lipinski definition) is 1. The van der Waals surface area contributed by atoms with Gasteiger partial charge in [-0.1, -0.05) is 6.07 Å². The number of aromatic nitrogens is 3. The van der Waals surface area contributed by atoms with E-state index in [0.717, 1.165) is 59.4 Å². The summed E-state index contributed by atoms with van der Waals surface area (Å²) in [6.07, 6.45) is 4.53. The Balaban J connectivity index is 1.36. The molecule has 8 nitrogen and oxygen atoms in total. The number of ether oxygens (including phenoxy) is 1. The van der Waals surface area contributed by atoms with Gasteiger partial charge in [-0.3, -0.25) is 4.79 Å². The number of hydrogen-bond acceptors (Lipinski definition) is 5. The molecule has 188 valence electrons. The first-order valence-corrected chi connectivity index (χ1v) is 13.1. The molecule has 2 bridgehead atoms. The highest BCUT2D eigenvalue weighted by molar-refractivity contribution is 6.00. The van der Waals surface area contributed by atoms with Gasteiger partial charge in [0, 0.05) is 48.7 Å². The van der Waals surface area contributed by atoms with E-state index in [4.69, 9.17) is 15.5 Å². The van der Waals surface area contributed by atoms with Crippen molar-refractivity contribution in [1.82, 2.24) is 19.0 Å². The number of benzene rings is 2. The molecule has 1 aliphatic heterocycles. The highest BCUT2D eigenvalue weighted by Crippen LogP contribution is 2.40. The van der Waals surface area contributed by atoms with E-state index >= 15 is 0 Å². The van der Waals surface area contributed by atoms with Gasteiger partial charge in [0.25, 0.3) is 5.91 Å². The van der Waals surface area contributed by atoms with Crippen LogP contribution in [-0.4, -0.2) is 50.7 Å². The van der Waals surface area contributed by atoms with Crippen molar-refractivity contribution in [2.45, 2.75) is 44.3 Å². The number of nitrogens with zero attached hydrogens (tertiary/aromatic N) is 5. The minimum Gasteiger partial charge on any atom is -0.494 e. The van der Waals surface area contributed by atoms with E-state index in [1.165, 1.54) is 12.8 Å². The molecule has 1 amide bonds. The van der Waals surface area contributed by atoms with Crippen LogP contribution in [-0.2, 0) is 13.6 Å². The summed E-state index contributed by atoms with van der Waals surface area (Å²) in [7, 11) is 3.63. The number of amides is 1. The number of likely N-dealkylation sites (tertiary alicyclic amines) is 1. The van der Waals surface area contributed by atoms with Gasteiger partial charge in [-0.15, -0.1) is 0 Å². The number of fused-ring (bicyclic) bond motifs is 4. The van der Waals surface area contributed by atoms with Gasteiger partial charge in [-0.05, 0) is 67.9 Å². The molecule has 7 rings (SSSR count). The Bertz CT molecular complexity index is 1620. The van der Waals surface area contributed by atoms with Crippen molar-refractivity contribution in [3.05, 3.63) is 47.5 Å². The molecule has 3 atom stereocenters. The number of imidazole rings is 1. The molecule has 3 aliphatic rings. The fourth-order valence-electron chi connectivity index (χ4n) is 6.53. The molecule has 8 heteroatoms. The fraction of sp³-hybridized carbons (Fsp3) is 0.414. The van der Waals surface area contributed by atoms with Crippen molar-refractivity contribution in [3.8, 4) is 23.3 Å². The second-order valence-electron chi connectivity index (χ2n) is 10.9. The van der Waals surface area contributed by atoms with Crippen LogP contribution in [0.2, 0.25) is 0 Å². The van der Waals surface area contributed by atoms with Gasteiger partial charge in [0.1, 0.15) is 11.3 Å². The largest absolute Gasteiger partial charge is 0.494 e. The third-order valence-corrected chi connectivity index (χ3v) is 8.72. The predicted molar refractivity (Wildman–Crippen MR) is 141 cm³/mol. The fourth-order valence-corrected chi connectivity index (χ4v) is 6.53. The zero-order valence-electron chi connectivity index (χ0n) is 21.1. The Hall–Kier alpha value is -3.83. The van der Waals surface area contributed by atoms with E-state index in [1.807, 2.05) is 42.3 Å². The Kier molecular flexibility index (Phi) is 4.89. The molecule has 37 heavy (non-hydrogen) atoms. The third kappa shape index (κ3) is 3.37. The SMILES string of the molecule is COc1cc(C(=O)N2C[C@H]3CC[C@@H]2[C@H]3N)cc2nc(-c3cc4ccc(C#N)cc4n3CC3CC3)n(C)c12. The topological polar surface area (TPSA) is 102 Å². The molecule has 0 radical (unpaired) electrons. The minimum atomic E-state index is 0.00179. The van der Waals surface area contributed by atoms with Gasteiger partial charge in [-0.25, -0.2) is 4.98 Å². The summed E-state index contributed by atoms with van der Waals surface area (Å²) in [5, 5.41) is 10.6. The molecule has 3 heterocycles. The van der Waals surface area contributed by atoms with Crippen LogP contribution in [0.1, 0.15) is 41.6 Å². The second kappa shape index (κ2) is 8.09. The van der Waals surface area contributed by atoms with Crippen molar-refractivity contribution in [3.63, 3.8) is 0 Å². The number of piperidine rings is 1. The number of nitrogens with two attached hydrogens (primary N) is 1. The molecule has 0 unspecified atom stereocenters. The van der Waals surface area contributed by atoms with Gasteiger partial charge in [-0.2, -0.15) is 5.26 Å². The molecule has 2 saturated carbocycles. The molecule has 0 spiro atoms. The van der Waals surface area contributed by atoms with Gasteiger partial charge in [0.2, 0.25) is 0 Å². The molecule has 2 aliphatic carbocycles. The Morgan fingerprint density at radius 3 is 2.70 bits per heavy atom. The zero-order chi connectivity index (χ0) is 25.4. The van der Waals surface area contributed by atoms with Gasteiger partial charge in [0.05, 0.1) is 30.0 Å². The molecule has 3 fully saturated rings. The number of nitriles is 1. The Labute approximate surface area is 215 Å². The zero-order valence-corrected chi connectivity index (χ0v) is 21.1. The van der Waals surface area contributed by atoms with Crippen LogP contribution < -0.4 is 10.5 Å². The van der Waals surface area contributed by atoms with Crippen LogP contribution in [0.4, 0.5) is 0 Å². The molecule has 2 aromatic heterocycles. The van der Waals surface area contributed by atoms with Crippen molar-refractivity contribution >= 4 is 27.8 Å². The molecule has 2 aromatic carbocycles. The summed E-state index contributed by atoms with van der Waals surface area (Å²) in [5.41, 5.74) is 11.3. The van der Waals surface area contributed by atoms with E-state index in [-0.39, 0.29) is 18.0 Å². The molecule has 1 saturated heterocycles. The summed E-state index contributed by atoms with van der Waals surface area (Å²) >= 11 is 0. The van der Waals surface area contributed by atoms with Crippen LogP contribution >= 0.6 is 0 Å². The predicted octanol–water partition coefficient (Wildman–Crippen LogP) is 4.05. The van der Waals surface area contributed by atoms with Crippen LogP contribution in [0, 0.1) is 23.2 Å². The second-order valence-corrected chi connectivity index (χ2v) is 10.9. The molecular weight excluding hydrogens is 464 g/mol. The van der Waals surface area contributed by atoms with E-state index in [0.29, 0.717) is 28.7 Å².